The van der Waals surface area contributed by atoms with Crippen LogP contribution in [0.5, 0.6) is 17.2 Å². The Morgan fingerprint density at radius 1 is 0.969 bits per heavy atom. The summed E-state index contributed by atoms with van der Waals surface area (Å²) in [5.74, 6) is 1.04. The fourth-order valence-electron chi connectivity index (χ4n) is 3.38. The van der Waals surface area contributed by atoms with E-state index in [1.807, 2.05) is 9.80 Å². The van der Waals surface area contributed by atoms with Crippen molar-refractivity contribution < 1.29 is 23.9 Å². The number of hydrogen-bond acceptors (Lipinski definition) is 8. The lowest BCUT2D eigenvalue weighted by Crippen LogP contribution is -2.52. The van der Waals surface area contributed by atoms with Crippen LogP contribution >= 0.6 is 12.2 Å². The van der Waals surface area contributed by atoms with Gasteiger partial charge in [-0.05, 0) is 36.5 Å². The molecule has 3 rings (SSSR count). The van der Waals surface area contributed by atoms with Crippen LogP contribution in [-0.4, -0.2) is 68.4 Å². The third-order valence-electron chi connectivity index (χ3n) is 5.12. The van der Waals surface area contributed by atoms with Gasteiger partial charge in [-0.25, -0.2) is 0 Å². The third-order valence-corrected chi connectivity index (χ3v) is 5.48. The zero-order chi connectivity index (χ0) is 23.3. The number of nitro groups is 1. The first-order valence-corrected chi connectivity index (χ1v) is 10.2. The van der Waals surface area contributed by atoms with E-state index < -0.39 is 4.92 Å². The van der Waals surface area contributed by atoms with Crippen molar-refractivity contribution in [1.82, 2.24) is 10.2 Å². The fraction of sp³-hybridized carbons (Fsp3) is 0.333. The maximum atomic E-state index is 12.7. The summed E-state index contributed by atoms with van der Waals surface area (Å²) < 4.78 is 15.5. The summed E-state index contributed by atoms with van der Waals surface area (Å²) in [6.07, 6.45) is 0. The normalized spacial score (nSPS) is 13.3. The predicted molar refractivity (Wildman–Crippen MR) is 123 cm³/mol. The van der Waals surface area contributed by atoms with Crippen LogP contribution in [0.3, 0.4) is 0 Å². The molecule has 1 fully saturated rings. The maximum Gasteiger partial charge on any atom is 0.296 e. The number of rotatable bonds is 6. The number of nitrogens with zero attached hydrogens (tertiary/aromatic N) is 3. The lowest BCUT2D eigenvalue weighted by atomic mass is 10.2. The van der Waals surface area contributed by atoms with Crippen molar-refractivity contribution in [2.45, 2.75) is 0 Å². The number of piperazine rings is 1. The highest BCUT2D eigenvalue weighted by Crippen LogP contribution is 2.32. The quantitative estimate of drug-likeness (QED) is 0.395. The molecule has 32 heavy (non-hydrogen) atoms. The van der Waals surface area contributed by atoms with Gasteiger partial charge in [0, 0.05) is 37.8 Å². The highest BCUT2D eigenvalue weighted by Gasteiger charge is 2.26. The highest BCUT2D eigenvalue weighted by molar-refractivity contribution is 7.80. The van der Waals surface area contributed by atoms with E-state index in [4.69, 9.17) is 26.4 Å². The Labute approximate surface area is 190 Å². The second-order valence-corrected chi connectivity index (χ2v) is 7.33. The number of carbonyl (C=O) groups is 1. The second kappa shape index (κ2) is 10.1. The molecule has 10 nitrogen and oxygen atoms in total. The molecule has 0 radical (unpaired) electrons. The Morgan fingerprint density at radius 2 is 1.56 bits per heavy atom. The van der Waals surface area contributed by atoms with Crippen LogP contribution in [0.2, 0.25) is 0 Å². The van der Waals surface area contributed by atoms with Crippen molar-refractivity contribution in [2.75, 3.05) is 52.4 Å². The molecule has 0 aromatic heterocycles. The maximum absolute atomic E-state index is 12.7. The zero-order valence-electron chi connectivity index (χ0n) is 18.0. The third kappa shape index (κ3) is 5.17. The van der Waals surface area contributed by atoms with Crippen LogP contribution in [-0.2, 0) is 0 Å². The van der Waals surface area contributed by atoms with E-state index in [2.05, 4.69) is 5.32 Å². The minimum Gasteiger partial charge on any atom is -0.497 e. The number of anilines is 1. The van der Waals surface area contributed by atoms with Gasteiger partial charge in [0.15, 0.2) is 5.11 Å². The summed E-state index contributed by atoms with van der Waals surface area (Å²) >= 11 is 5.42. The molecule has 1 aliphatic rings. The molecule has 0 unspecified atom stereocenters. The molecule has 11 heteroatoms. The van der Waals surface area contributed by atoms with Crippen LogP contribution in [0.15, 0.2) is 36.4 Å². The summed E-state index contributed by atoms with van der Waals surface area (Å²) in [6.45, 7) is 2.03. The lowest BCUT2D eigenvalue weighted by molar-refractivity contribution is -0.384. The smallest absolute Gasteiger partial charge is 0.296 e. The lowest BCUT2D eigenvalue weighted by Gasteiger charge is -2.37. The summed E-state index contributed by atoms with van der Waals surface area (Å²) in [5.41, 5.74) is 0.866. The van der Waals surface area contributed by atoms with Crippen molar-refractivity contribution >= 4 is 34.6 Å². The highest BCUT2D eigenvalue weighted by atomic mass is 32.1. The van der Waals surface area contributed by atoms with E-state index in [0.717, 1.165) is 0 Å². The molecule has 1 saturated heterocycles. The average Bonchev–Trinajstić information content (AvgIpc) is 2.83. The topological polar surface area (TPSA) is 106 Å². The Morgan fingerprint density at radius 3 is 2.09 bits per heavy atom. The number of hydrogen-bond donors (Lipinski definition) is 1. The van der Waals surface area contributed by atoms with Crippen molar-refractivity contribution in [3.63, 3.8) is 0 Å². The second-order valence-electron chi connectivity index (χ2n) is 6.95. The van der Waals surface area contributed by atoms with E-state index in [0.29, 0.717) is 59.8 Å². The van der Waals surface area contributed by atoms with Crippen LogP contribution in [0.25, 0.3) is 0 Å². The molecule has 1 heterocycles. The Bertz CT molecular complexity index is 1000. The standard InChI is InChI=1S/C21H24N4O6S/c1-29-15-4-5-18(19(13-15)25(27)28)23-6-8-24(9-7-23)21(32)22-20(26)14-10-16(30-2)12-17(11-14)31-3/h4-5,10-13H,6-9H2,1-3H3,(H,22,26,32). The molecule has 1 aliphatic heterocycles. The van der Waals surface area contributed by atoms with Gasteiger partial charge in [0.1, 0.15) is 22.9 Å². The van der Waals surface area contributed by atoms with E-state index in [1.165, 1.54) is 27.4 Å². The molecule has 0 aliphatic carbocycles. The van der Waals surface area contributed by atoms with Gasteiger partial charge in [-0.2, -0.15) is 0 Å². The Hall–Kier alpha value is -3.60. The van der Waals surface area contributed by atoms with Gasteiger partial charge >= 0.3 is 0 Å². The van der Waals surface area contributed by atoms with Gasteiger partial charge in [-0.15, -0.1) is 0 Å². The van der Waals surface area contributed by atoms with E-state index >= 15 is 0 Å². The number of methoxy groups -OCH3 is 3. The number of nitro benzene ring substituents is 1. The van der Waals surface area contributed by atoms with Crippen LogP contribution in [0, 0.1) is 10.1 Å². The van der Waals surface area contributed by atoms with E-state index in [-0.39, 0.29) is 11.6 Å². The molecule has 1 amide bonds. The number of carbonyl (C=O) groups excluding carboxylic acids is 1. The summed E-state index contributed by atoms with van der Waals surface area (Å²) in [5, 5.41) is 14.5. The van der Waals surface area contributed by atoms with Gasteiger partial charge in [0.2, 0.25) is 0 Å². The average molecular weight is 461 g/mol. The largest absolute Gasteiger partial charge is 0.497 e. The molecule has 0 spiro atoms. The monoisotopic (exact) mass is 460 g/mol. The van der Waals surface area contributed by atoms with E-state index in [1.54, 1.807) is 30.3 Å². The molecule has 0 bridgehead atoms. The van der Waals surface area contributed by atoms with Gasteiger partial charge in [0.05, 0.1) is 32.3 Å². The van der Waals surface area contributed by atoms with Crippen molar-refractivity contribution in [3.8, 4) is 17.2 Å². The molecular formula is C21H24N4O6S. The number of ether oxygens (including phenoxy) is 3. The van der Waals surface area contributed by atoms with Crippen LogP contribution in [0.4, 0.5) is 11.4 Å². The first-order chi connectivity index (χ1) is 15.4. The number of thiocarbonyl (C=S) groups is 1. The molecule has 2 aromatic rings. The first kappa shape index (κ1) is 23.1. The van der Waals surface area contributed by atoms with Gasteiger partial charge in [0.25, 0.3) is 11.6 Å². The number of benzene rings is 2. The molecule has 0 saturated carbocycles. The van der Waals surface area contributed by atoms with E-state index in [9.17, 15) is 14.9 Å². The minimum absolute atomic E-state index is 0.0133. The van der Waals surface area contributed by atoms with Crippen molar-refractivity contribution in [3.05, 3.63) is 52.1 Å². The Balaban J connectivity index is 1.64. The minimum atomic E-state index is -0.419. The number of amides is 1. The molecule has 170 valence electrons. The van der Waals surface area contributed by atoms with Gasteiger partial charge < -0.3 is 24.0 Å². The van der Waals surface area contributed by atoms with Crippen molar-refractivity contribution in [2.24, 2.45) is 0 Å². The van der Waals surface area contributed by atoms with Crippen LogP contribution in [0.1, 0.15) is 10.4 Å². The van der Waals surface area contributed by atoms with Gasteiger partial charge in [-0.3, -0.25) is 20.2 Å². The molecule has 1 N–H and O–H groups in total. The summed E-state index contributed by atoms with van der Waals surface area (Å²) in [7, 11) is 4.48. The molecule has 2 aromatic carbocycles. The Kier molecular flexibility index (Phi) is 7.31. The predicted octanol–water partition coefficient (Wildman–Crippen LogP) is 2.46. The zero-order valence-corrected chi connectivity index (χ0v) is 18.8. The first-order valence-electron chi connectivity index (χ1n) is 9.77. The van der Waals surface area contributed by atoms with Gasteiger partial charge in [-0.1, -0.05) is 0 Å². The summed E-state index contributed by atoms with van der Waals surface area (Å²) in [6, 6.07) is 9.66. The molecule has 0 atom stereocenters. The van der Waals surface area contributed by atoms with Crippen molar-refractivity contribution in [1.29, 1.82) is 0 Å². The van der Waals surface area contributed by atoms with Crippen LogP contribution < -0.4 is 24.4 Å². The molecular weight excluding hydrogens is 436 g/mol. The SMILES string of the molecule is COc1cc(OC)cc(C(=O)NC(=S)N2CCN(c3ccc(OC)cc3[N+](=O)[O-])CC2)c1. The fourth-order valence-corrected chi connectivity index (χ4v) is 3.66. The number of nitrogens with one attached hydrogen (secondary N) is 1. The summed E-state index contributed by atoms with van der Waals surface area (Å²) in [4.78, 5) is 27.5.